The Bertz CT molecular complexity index is 511. The molecule has 0 spiro atoms. The van der Waals surface area contributed by atoms with Gasteiger partial charge in [-0.15, -0.1) is 0 Å². The van der Waals surface area contributed by atoms with Gasteiger partial charge in [-0.05, 0) is 42.9 Å². The summed E-state index contributed by atoms with van der Waals surface area (Å²) in [6, 6.07) is 5.43. The number of aliphatic carboxylic acids is 1. The molecule has 0 bridgehead atoms. The molecule has 1 fully saturated rings. The van der Waals surface area contributed by atoms with E-state index in [1.54, 1.807) is 12.1 Å². The Hall–Kier alpha value is -2.08. The molecule has 0 aromatic heterocycles. The molecule has 1 amide bonds. The van der Waals surface area contributed by atoms with E-state index in [1.807, 2.05) is 0 Å². The highest BCUT2D eigenvalue weighted by atomic mass is 16.4. The molecule has 0 radical (unpaired) electrons. The van der Waals surface area contributed by atoms with Gasteiger partial charge in [-0.25, -0.2) is 0 Å². The van der Waals surface area contributed by atoms with Gasteiger partial charge < -0.3 is 21.3 Å². The number of nitrogens with one attached hydrogen (secondary N) is 1. The van der Waals surface area contributed by atoms with Gasteiger partial charge in [0.05, 0.1) is 12.5 Å². The zero-order chi connectivity index (χ0) is 15.4. The molecular weight excluding hydrogens is 272 g/mol. The minimum atomic E-state index is -0.917. The van der Waals surface area contributed by atoms with Crippen molar-refractivity contribution in [3.8, 4) is 5.75 Å². The van der Waals surface area contributed by atoms with Crippen LogP contribution in [0.15, 0.2) is 24.3 Å². The number of rotatable bonds is 7. The van der Waals surface area contributed by atoms with Crippen molar-refractivity contribution in [1.82, 2.24) is 5.32 Å². The van der Waals surface area contributed by atoms with Crippen LogP contribution in [0.25, 0.3) is 0 Å². The largest absolute Gasteiger partial charge is 0.508 e. The number of carboxylic acids is 1. The average Bonchev–Trinajstić information content (AvgIpc) is 3.24. The van der Waals surface area contributed by atoms with Gasteiger partial charge in [0.25, 0.3) is 0 Å². The fourth-order valence-corrected chi connectivity index (χ4v) is 2.29. The molecule has 21 heavy (non-hydrogen) atoms. The number of benzene rings is 1. The maximum absolute atomic E-state index is 12.1. The molecule has 2 atom stereocenters. The van der Waals surface area contributed by atoms with Crippen LogP contribution in [0.2, 0.25) is 0 Å². The SMILES string of the molecule is N[C@@H](Cc1ccc(O)cc1)C(=O)NC(CC(=O)O)C1CC1. The Morgan fingerprint density at radius 2 is 1.90 bits per heavy atom. The number of phenolic OH excluding ortho intramolecular Hbond substituents is 1. The van der Waals surface area contributed by atoms with E-state index < -0.39 is 12.0 Å². The van der Waals surface area contributed by atoms with Gasteiger partial charge in [0.2, 0.25) is 5.91 Å². The summed E-state index contributed by atoms with van der Waals surface area (Å²) in [4.78, 5) is 22.9. The van der Waals surface area contributed by atoms with Gasteiger partial charge in [-0.2, -0.15) is 0 Å². The molecule has 5 N–H and O–H groups in total. The van der Waals surface area contributed by atoms with Crippen LogP contribution in [-0.2, 0) is 16.0 Å². The highest BCUT2D eigenvalue weighted by Crippen LogP contribution is 2.34. The molecule has 2 rings (SSSR count). The minimum absolute atomic E-state index is 0.0671. The molecule has 0 heterocycles. The van der Waals surface area contributed by atoms with Crippen molar-refractivity contribution in [1.29, 1.82) is 0 Å². The summed E-state index contributed by atoms with van der Waals surface area (Å²) in [7, 11) is 0. The van der Waals surface area contributed by atoms with Crippen molar-refractivity contribution in [3.05, 3.63) is 29.8 Å². The van der Waals surface area contributed by atoms with Crippen molar-refractivity contribution >= 4 is 11.9 Å². The summed E-state index contributed by atoms with van der Waals surface area (Å²) >= 11 is 0. The van der Waals surface area contributed by atoms with Gasteiger partial charge in [0.1, 0.15) is 5.75 Å². The first kappa shape index (κ1) is 15.3. The number of phenols is 1. The van der Waals surface area contributed by atoms with Crippen molar-refractivity contribution in [2.75, 3.05) is 0 Å². The van der Waals surface area contributed by atoms with E-state index in [9.17, 15) is 14.7 Å². The molecule has 6 heteroatoms. The number of carbonyl (C=O) groups excluding carboxylic acids is 1. The van der Waals surface area contributed by atoms with E-state index in [4.69, 9.17) is 10.8 Å². The Balaban J connectivity index is 1.88. The van der Waals surface area contributed by atoms with Crippen LogP contribution in [0, 0.1) is 5.92 Å². The van der Waals surface area contributed by atoms with Gasteiger partial charge in [-0.3, -0.25) is 9.59 Å². The number of aromatic hydroxyl groups is 1. The van der Waals surface area contributed by atoms with Crippen LogP contribution >= 0.6 is 0 Å². The molecule has 6 nitrogen and oxygen atoms in total. The van der Waals surface area contributed by atoms with Gasteiger partial charge >= 0.3 is 5.97 Å². The van der Waals surface area contributed by atoms with E-state index in [1.165, 1.54) is 12.1 Å². The number of nitrogens with two attached hydrogens (primary N) is 1. The zero-order valence-electron chi connectivity index (χ0n) is 11.7. The second kappa shape index (κ2) is 6.58. The third-order valence-electron chi connectivity index (χ3n) is 3.64. The minimum Gasteiger partial charge on any atom is -0.508 e. The van der Waals surface area contributed by atoms with Crippen molar-refractivity contribution < 1.29 is 19.8 Å². The van der Waals surface area contributed by atoms with Crippen LogP contribution in [-0.4, -0.2) is 34.2 Å². The van der Waals surface area contributed by atoms with Crippen molar-refractivity contribution in [3.63, 3.8) is 0 Å². The average molecular weight is 292 g/mol. The lowest BCUT2D eigenvalue weighted by atomic mass is 10.0. The molecule has 0 saturated heterocycles. The Labute approximate surface area is 123 Å². The van der Waals surface area contributed by atoms with E-state index in [2.05, 4.69) is 5.32 Å². The summed E-state index contributed by atoms with van der Waals surface area (Å²) in [5, 5.41) is 20.8. The predicted molar refractivity (Wildman–Crippen MR) is 76.7 cm³/mol. The summed E-state index contributed by atoms with van der Waals surface area (Å²) in [6.45, 7) is 0. The first-order chi connectivity index (χ1) is 9.95. The van der Waals surface area contributed by atoms with Crippen LogP contribution in [0.4, 0.5) is 0 Å². The van der Waals surface area contributed by atoms with Gasteiger partial charge in [0.15, 0.2) is 0 Å². The molecule has 0 aliphatic heterocycles. The Morgan fingerprint density at radius 1 is 1.29 bits per heavy atom. The number of carboxylic acid groups (broad SMARTS) is 1. The Morgan fingerprint density at radius 3 is 2.43 bits per heavy atom. The van der Waals surface area contributed by atoms with E-state index in [-0.39, 0.29) is 30.0 Å². The number of amides is 1. The third-order valence-corrected chi connectivity index (χ3v) is 3.64. The molecule has 114 valence electrons. The molecular formula is C15H20N2O4. The third kappa shape index (κ3) is 4.75. The number of hydrogen-bond acceptors (Lipinski definition) is 4. The van der Waals surface area contributed by atoms with Gasteiger partial charge in [0, 0.05) is 6.04 Å². The number of carbonyl (C=O) groups is 2. The second-order valence-electron chi connectivity index (χ2n) is 5.53. The maximum Gasteiger partial charge on any atom is 0.305 e. The number of hydrogen-bond donors (Lipinski definition) is 4. The zero-order valence-corrected chi connectivity index (χ0v) is 11.7. The van der Waals surface area contributed by atoms with E-state index >= 15 is 0 Å². The summed E-state index contributed by atoms with van der Waals surface area (Å²) in [5.41, 5.74) is 6.71. The normalized spacial score (nSPS) is 17.0. The topological polar surface area (TPSA) is 113 Å². The standard InChI is InChI=1S/C15H20N2O4/c16-12(7-9-1-5-11(18)6-2-9)15(21)17-13(8-14(19)20)10-3-4-10/h1-2,5-6,10,12-13,18H,3-4,7-8,16H2,(H,17,21)(H,19,20)/t12-,13?/m0/s1. The molecule has 1 unspecified atom stereocenters. The van der Waals surface area contributed by atoms with Crippen LogP contribution in [0.3, 0.4) is 0 Å². The van der Waals surface area contributed by atoms with Crippen molar-refractivity contribution in [2.45, 2.75) is 37.8 Å². The molecule has 1 saturated carbocycles. The Kier molecular flexibility index (Phi) is 4.80. The quantitative estimate of drug-likeness (QED) is 0.589. The first-order valence-electron chi connectivity index (χ1n) is 7.01. The smallest absolute Gasteiger partial charge is 0.305 e. The monoisotopic (exact) mass is 292 g/mol. The molecule has 1 aromatic carbocycles. The highest BCUT2D eigenvalue weighted by Gasteiger charge is 2.34. The lowest BCUT2D eigenvalue weighted by molar-refractivity contribution is -0.138. The fourth-order valence-electron chi connectivity index (χ4n) is 2.29. The summed E-state index contributed by atoms with van der Waals surface area (Å²) in [5.74, 6) is -0.835. The van der Waals surface area contributed by atoms with Gasteiger partial charge in [-0.1, -0.05) is 12.1 Å². The first-order valence-corrected chi connectivity index (χ1v) is 7.01. The lowest BCUT2D eigenvalue weighted by Crippen LogP contribution is -2.47. The summed E-state index contributed by atoms with van der Waals surface area (Å²) in [6.07, 6.45) is 2.18. The lowest BCUT2D eigenvalue weighted by Gasteiger charge is -2.19. The van der Waals surface area contributed by atoms with Crippen LogP contribution in [0.5, 0.6) is 5.75 Å². The second-order valence-corrected chi connectivity index (χ2v) is 5.53. The fraction of sp³-hybridized carbons (Fsp3) is 0.467. The van der Waals surface area contributed by atoms with E-state index in [0.717, 1.165) is 18.4 Å². The summed E-state index contributed by atoms with van der Waals surface area (Å²) < 4.78 is 0. The van der Waals surface area contributed by atoms with E-state index in [0.29, 0.717) is 6.42 Å². The van der Waals surface area contributed by atoms with Crippen molar-refractivity contribution in [2.24, 2.45) is 11.7 Å². The van der Waals surface area contributed by atoms with Crippen LogP contribution < -0.4 is 11.1 Å². The molecule has 1 aliphatic carbocycles. The molecule has 1 aliphatic rings. The predicted octanol–water partition coefficient (Wildman–Crippen LogP) is 0.631. The highest BCUT2D eigenvalue weighted by molar-refractivity contribution is 5.82. The maximum atomic E-state index is 12.1. The van der Waals surface area contributed by atoms with Crippen LogP contribution in [0.1, 0.15) is 24.8 Å². The molecule has 1 aromatic rings.